The highest BCUT2D eigenvalue weighted by Gasteiger charge is 2.34. The van der Waals surface area contributed by atoms with Crippen LogP contribution in [0.1, 0.15) is 28.4 Å². The summed E-state index contributed by atoms with van der Waals surface area (Å²) in [6.45, 7) is 2.71. The van der Waals surface area contributed by atoms with E-state index >= 15 is 0 Å². The van der Waals surface area contributed by atoms with Gasteiger partial charge in [0.25, 0.3) is 0 Å². The van der Waals surface area contributed by atoms with Gasteiger partial charge in [0.1, 0.15) is 5.54 Å². The van der Waals surface area contributed by atoms with Crippen molar-refractivity contribution >= 4 is 11.9 Å². The average Bonchev–Trinajstić information content (AvgIpc) is 2.64. The molecule has 2 aromatic carbocycles. The summed E-state index contributed by atoms with van der Waals surface area (Å²) >= 11 is 0. The highest BCUT2D eigenvalue weighted by atomic mass is 16.7. The van der Waals surface area contributed by atoms with Crippen molar-refractivity contribution in [2.24, 2.45) is 5.84 Å². The van der Waals surface area contributed by atoms with Gasteiger partial charge in [-0.05, 0) is 43.2 Å². The fraction of sp³-hybridized carbons (Fsp3) is 0.263. The van der Waals surface area contributed by atoms with Gasteiger partial charge in [-0.25, -0.2) is 15.0 Å². The van der Waals surface area contributed by atoms with Crippen LogP contribution in [0.25, 0.3) is 0 Å². The Morgan fingerprint density at radius 1 is 1.11 bits per heavy atom. The van der Waals surface area contributed by atoms with Crippen LogP contribution in [-0.2, 0) is 20.7 Å². The second-order valence-corrected chi connectivity index (χ2v) is 6.27. The zero-order chi connectivity index (χ0) is 20.0. The van der Waals surface area contributed by atoms with Gasteiger partial charge in [0, 0.05) is 6.42 Å². The topological polar surface area (TPSA) is 131 Å². The van der Waals surface area contributed by atoms with Gasteiger partial charge in [-0.15, -0.1) is 0 Å². The van der Waals surface area contributed by atoms with E-state index in [1.165, 1.54) is 25.1 Å². The first-order valence-electron chi connectivity index (χ1n) is 8.15. The maximum atomic E-state index is 12.4. The van der Waals surface area contributed by atoms with Crippen molar-refractivity contribution in [3.8, 4) is 11.5 Å². The summed E-state index contributed by atoms with van der Waals surface area (Å²) in [4.78, 5) is 24.4. The number of ether oxygens (including phenoxy) is 2. The Bertz CT molecular complexity index is 839. The molecule has 0 aromatic heterocycles. The van der Waals surface area contributed by atoms with Crippen molar-refractivity contribution in [1.29, 1.82) is 0 Å². The fourth-order valence-electron chi connectivity index (χ4n) is 2.44. The lowest BCUT2D eigenvalue weighted by Gasteiger charge is -2.26. The number of nitrogens with one attached hydrogen (secondary N) is 1. The van der Waals surface area contributed by atoms with E-state index in [9.17, 15) is 19.8 Å². The van der Waals surface area contributed by atoms with Crippen LogP contribution in [0.3, 0.4) is 0 Å². The second kappa shape index (κ2) is 8.52. The lowest BCUT2D eigenvalue weighted by molar-refractivity contribution is -0.159. The Morgan fingerprint density at radius 2 is 1.81 bits per heavy atom. The zero-order valence-corrected chi connectivity index (χ0v) is 15.1. The first-order valence-corrected chi connectivity index (χ1v) is 8.15. The number of hydrogen-bond donors (Lipinski definition) is 4. The normalized spacial score (nSPS) is 12.9. The van der Waals surface area contributed by atoms with E-state index in [1.54, 1.807) is 31.2 Å². The number of rotatable bonds is 7. The van der Waals surface area contributed by atoms with E-state index < -0.39 is 24.3 Å². The van der Waals surface area contributed by atoms with Crippen molar-refractivity contribution in [2.45, 2.75) is 25.8 Å². The minimum absolute atomic E-state index is 0.0713. The summed E-state index contributed by atoms with van der Waals surface area (Å²) in [6, 6.07) is 11.0. The molecule has 0 aliphatic heterocycles. The molecule has 0 heterocycles. The molecule has 27 heavy (non-hydrogen) atoms. The molecule has 0 aliphatic carbocycles. The molecular weight excluding hydrogens is 352 g/mol. The van der Waals surface area contributed by atoms with Crippen molar-refractivity contribution in [3.63, 3.8) is 0 Å². The van der Waals surface area contributed by atoms with E-state index in [0.717, 1.165) is 5.56 Å². The molecule has 0 radical (unpaired) electrons. The monoisotopic (exact) mass is 374 g/mol. The maximum Gasteiger partial charge on any atom is 0.341 e. The van der Waals surface area contributed by atoms with Crippen molar-refractivity contribution in [1.82, 2.24) is 5.43 Å². The highest BCUT2D eigenvalue weighted by molar-refractivity contribution is 5.91. The number of hydrazine groups is 1. The second-order valence-electron chi connectivity index (χ2n) is 6.27. The molecule has 0 spiro atoms. The molecule has 0 saturated carbocycles. The quantitative estimate of drug-likeness (QED) is 0.189. The van der Waals surface area contributed by atoms with Gasteiger partial charge in [0.2, 0.25) is 6.79 Å². The number of carbonyl (C=O) groups excluding carboxylic acids is 2. The molecule has 2 aromatic rings. The van der Waals surface area contributed by atoms with Crippen LogP contribution in [0.2, 0.25) is 0 Å². The molecule has 0 amide bonds. The van der Waals surface area contributed by atoms with E-state index in [0.29, 0.717) is 11.1 Å². The molecule has 0 saturated heterocycles. The third-order valence-electron chi connectivity index (χ3n) is 4.11. The predicted octanol–water partition coefficient (Wildman–Crippen LogP) is 1.53. The summed E-state index contributed by atoms with van der Waals surface area (Å²) < 4.78 is 10.0. The number of carbonyl (C=O) groups is 2. The largest absolute Gasteiger partial charge is 0.504 e. The molecule has 0 aliphatic rings. The molecule has 5 N–H and O–H groups in total. The van der Waals surface area contributed by atoms with E-state index in [4.69, 9.17) is 15.3 Å². The number of hydrogen-bond acceptors (Lipinski definition) is 8. The number of nitrogens with two attached hydrogens (primary N) is 1. The van der Waals surface area contributed by atoms with Crippen LogP contribution in [0.15, 0.2) is 42.5 Å². The summed E-state index contributed by atoms with van der Waals surface area (Å²) in [6.07, 6.45) is 0.0713. The minimum Gasteiger partial charge on any atom is -0.504 e. The van der Waals surface area contributed by atoms with Gasteiger partial charge >= 0.3 is 11.9 Å². The van der Waals surface area contributed by atoms with E-state index in [2.05, 4.69) is 5.43 Å². The Morgan fingerprint density at radius 3 is 2.44 bits per heavy atom. The Kier molecular flexibility index (Phi) is 6.38. The molecule has 144 valence electrons. The Labute approximate surface area is 156 Å². The summed E-state index contributed by atoms with van der Waals surface area (Å²) in [5.41, 5.74) is 2.71. The third-order valence-corrected chi connectivity index (χ3v) is 4.11. The number of benzene rings is 2. The van der Waals surface area contributed by atoms with Crippen LogP contribution in [0.5, 0.6) is 11.5 Å². The molecule has 8 heteroatoms. The van der Waals surface area contributed by atoms with Gasteiger partial charge in [0.05, 0.1) is 5.56 Å². The van der Waals surface area contributed by atoms with Crippen LogP contribution < -0.4 is 11.3 Å². The standard InChI is InChI=1S/C19H22N2O6/c1-12-5-3-4-6-14(12)17(24)26-11-27-18(25)19(2,21-20)10-13-7-8-15(22)16(23)9-13/h3-9,21-23H,10-11,20H2,1-2H3/t19-/m0/s1. The summed E-state index contributed by atoms with van der Waals surface area (Å²) in [5.74, 6) is 3.57. The van der Waals surface area contributed by atoms with Gasteiger partial charge in [0.15, 0.2) is 11.5 Å². The van der Waals surface area contributed by atoms with Gasteiger partial charge in [-0.3, -0.25) is 5.84 Å². The van der Waals surface area contributed by atoms with Gasteiger partial charge in [-0.2, -0.15) is 0 Å². The van der Waals surface area contributed by atoms with Crippen LogP contribution >= 0.6 is 0 Å². The third kappa shape index (κ3) is 4.96. The molecular formula is C19H22N2O6. The highest BCUT2D eigenvalue weighted by Crippen LogP contribution is 2.27. The van der Waals surface area contributed by atoms with Gasteiger partial charge < -0.3 is 19.7 Å². The number of aryl methyl sites for hydroxylation is 1. The number of phenols is 2. The number of esters is 2. The van der Waals surface area contributed by atoms with Crippen LogP contribution in [0, 0.1) is 6.92 Å². The predicted molar refractivity (Wildman–Crippen MR) is 96.8 cm³/mol. The number of phenolic OH excluding ortho intramolecular Hbond substituents is 2. The molecule has 2 rings (SSSR count). The van der Waals surface area contributed by atoms with Crippen LogP contribution in [-0.4, -0.2) is 34.5 Å². The minimum atomic E-state index is -1.33. The maximum absolute atomic E-state index is 12.4. The van der Waals surface area contributed by atoms with Crippen molar-refractivity contribution in [3.05, 3.63) is 59.2 Å². The lowest BCUT2D eigenvalue weighted by atomic mass is 9.93. The average molecular weight is 374 g/mol. The molecule has 8 nitrogen and oxygen atoms in total. The number of aromatic hydroxyl groups is 2. The first kappa shape index (κ1) is 20.2. The van der Waals surface area contributed by atoms with Crippen molar-refractivity contribution < 1.29 is 29.3 Å². The summed E-state index contributed by atoms with van der Waals surface area (Å²) in [5, 5.41) is 18.9. The Hall–Kier alpha value is -3.10. The Balaban J connectivity index is 1.96. The SMILES string of the molecule is Cc1ccccc1C(=O)OCOC(=O)[C@](C)(Cc1ccc(O)c(O)c1)NN. The molecule has 0 unspecified atom stereocenters. The smallest absolute Gasteiger partial charge is 0.341 e. The zero-order valence-electron chi connectivity index (χ0n) is 15.1. The van der Waals surface area contributed by atoms with E-state index in [-0.39, 0.29) is 17.9 Å². The van der Waals surface area contributed by atoms with Gasteiger partial charge in [-0.1, -0.05) is 24.3 Å². The first-order chi connectivity index (χ1) is 12.8. The van der Waals surface area contributed by atoms with Crippen molar-refractivity contribution in [2.75, 3.05) is 6.79 Å². The fourth-order valence-corrected chi connectivity index (χ4v) is 2.44. The molecule has 0 fully saturated rings. The van der Waals surface area contributed by atoms with Crippen LogP contribution in [0.4, 0.5) is 0 Å². The lowest BCUT2D eigenvalue weighted by Crippen LogP contribution is -2.55. The van der Waals surface area contributed by atoms with E-state index in [1.807, 2.05) is 0 Å². The molecule has 0 bridgehead atoms. The molecule has 1 atom stereocenters. The summed E-state index contributed by atoms with van der Waals surface area (Å²) in [7, 11) is 0.